The largest absolute Gasteiger partial charge is 0.353 e. The molecule has 2 aromatic heterocycles. The van der Waals surface area contributed by atoms with E-state index in [1.165, 1.54) is 11.9 Å². The number of hydrogen-bond acceptors (Lipinski definition) is 7. The Morgan fingerprint density at radius 3 is 2.67 bits per heavy atom. The van der Waals surface area contributed by atoms with Crippen molar-refractivity contribution >= 4 is 23.1 Å². The number of nitrogens with one attached hydrogen (secondary N) is 1. The second kappa shape index (κ2) is 6.99. The van der Waals surface area contributed by atoms with Crippen molar-refractivity contribution in [2.24, 2.45) is 0 Å². The summed E-state index contributed by atoms with van der Waals surface area (Å²) >= 11 is 0. The van der Waals surface area contributed by atoms with Crippen LogP contribution in [0.4, 0.5) is 23.1 Å². The van der Waals surface area contributed by atoms with Gasteiger partial charge in [-0.25, -0.2) is 15.0 Å². The number of aromatic nitrogens is 3. The van der Waals surface area contributed by atoms with Crippen LogP contribution in [0.5, 0.6) is 0 Å². The fourth-order valence-electron chi connectivity index (χ4n) is 3.27. The van der Waals surface area contributed by atoms with E-state index in [2.05, 4.69) is 26.3 Å². The van der Waals surface area contributed by atoms with Crippen LogP contribution in [0.1, 0.15) is 16.7 Å². The SMILES string of the molecule is Cc1cccnc1Nc1ncnc(N2CCc3ccccc3C2)c1[N+](=O)[O-]. The number of pyridine rings is 1. The predicted molar refractivity (Wildman–Crippen MR) is 102 cm³/mol. The van der Waals surface area contributed by atoms with Gasteiger partial charge in [0.1, 0.15) is 12.1 Å². The second-order valence-corrected chi connectivity index (χ2v) is 6.39. The molecule has 0 amide bonds. The fraction of sp³-hybridized carbons (Fsp3) is 0.211. The molecule has 0 atom stereocenters. The lowest BCUT2D eigenvalue weighted by atomic mass is 10.00. The standard InChI is InChI=1S/C19H18N6O2/c1-13-5-4-9-20-17(13)23-18-16(25(26)27)19(22-12-21-18)24-10-8-14-6-2-3-7-15(14)11-24/h2-7,9,12H,8,10-11H2,1H3,(H,20,21,22,23). The molecule has 0 saturated heterocycles. The third-order valence-corrected chi connectivity index (χ3v) is 4.66. The molecule has 0 aliphatic carbocycles. The van der Waals surface area contributed by atoms with Gasteiger partial charge in [0.15, 0.2) is 0 Å². The Bertz CT molecular complexity index is 1010. The van der Waals surface area contributed by atoms with E-state index in [1.54, 1.807) is 6.20 Å². The molecule has 136 valence electrons. The van der Waals surface area contributed by atoms with Gasteiger partial charge in [0.05, 0.1) is 4.92 Å². The minimum absolute atomic E-state index is 0.137. The summed E-state index contributed by atoms with van der Waals surface area (Å²) in [7, 11) is 0. The first-order valence-corrected chi connectivity index (χ1v) is 8.63. The van der Waals surface area contributed by atoms with Gasteiger partial charge >= 0.3 is 5.69 Å². The van der Waals surface area contributed by atoms with Gasteiger partial charge in [-0.3, -0.25) is 10.1 Å². The molecule has 0 bridgehead atoms. The minimum atomic E-state index is -0.434. The van der Waals surface area contributed by atoms with Crippen LogP contribution >= 0.6 is 0 Å². The van der Waals surface area contributed by atoms with Crippen molar-refractivity contribution in [2.75, 3.05) is 16.8 Å². The van der Waals surface area contributed by atoms with Crippen molar-refractivity contribution in [3.63, 3.8) is 0 Å². The Balaban J connectivity index is 1.72. The molecule has 1 aliphatic heterocycles. The van der Waals surface area contributed by atoms with Crippen molar-refractivity contribution in [3.8, 4) is 0 Å². The number of rotatable bonds is 4. The van der Waals surface area contributed by atoms with Gasteiger partial charge in [-0.1, -0.05) is 30.3 Å². The van der Waals surface area contributed by atoms with E-state index < -0.39 is 4.92 Å². The topological polar surface area (TPSA) is 97.1 Å². The number of fused-ring (bicyclic) bond motifs is 1. The number of anilines is 3. The molecule has 0 unspecified atom stereocenters. The Hall–Kier alpha value is -3.55. The highest BCUT2D eigenvalue weighted by molar-refractivity contribution is 5.74. The number of nitro groups is 1. The molecular formula is C19H18N6O2. The van der Waals surface area contributed by atoms with Crippen molar-refractivity contribution in [2.45, 2.75) is 19.9 Å². The third kappa shape index (κ3) is 3.29. The van der Waals surface area contributed by atoms with E-state index in [4.69, 9.17) is 0 Å². The smallest absolute Gasteiger partial charge is 0.346 e. The number of aryl methyl sites for hydroxylation is 1. The zero-order valence-corrected chi connectivity index (χ0v) is 14.8. The molecule has 8 nitrogen and oxygen atoms in total. The summed E-state index contributed by atoms with van der Waals surface area (Å²) in [6.45, 7) is 3.12. The summed E-state index contributed by atoms with van der Waals surface area (Å²) in [6.07, 6.45) is 3.80. The first-order chi connectivity index (χ1) is 13.1. The average Bonchev–Trinajstić information content (AvgIpc) is 2.69. The maximum Gasteiger partial charge on any atom is 0.353 e. The molecule has 0 fully saturated rings. The Morgan fingerprint density at radius 2 is 1.89 bits per heavy atom. The first-order valence-electron chi connectivity index (χ1n) is 8.63. The maximum atomic E-state index is 11.8. The van der Waals surface area contributed by atoms with Gasteiger partial charge in [-0.15, -0.1) is 0 Å². The normalized spacial score (nSPS) is 13.1. The van der Waals surface area contributed by atoms with E-state index in [0.717, 1.165) is 17.5 Å². The van der Waals surface area contributed by atoms with Gasteiger partial charge < -0.3 is 10.2 Å². The summed E-state index contributed by atoms with van der Waals surface area (Å²) in [4.78, 5) is 25.9. The van der Waals surface area contributed by atoms with Gasteiger partial charge in [-0.05, 0) is 36.1 Å². The molecule has 1 N–H and O–H groups in total. The third-order valence-electron chi connectivity index (χ3n) is 4.66. The molecule has 4 rings (SSSR count). The molecule has 3 heterocycles. The second-order valence-electron chi connectivity index (χ2n) is 6.39. The summed E-state index contributed by atoms with van der Waals surface area (Å²) in [5, 5.41) is 14.8. The zero-order chi connectivity index (χ0) is 18.8. The van der Waals surface area contributed by atoms with Crippen molar-refractivity contribution < 1.29 is 4.92 Å². The van der Waals surface area contributed by atoms with Crippen LogP contribution < -0.4 is 10.2 Å². The summed E-state index contributed by atoms with van der Waals surface area (Å²) in [5.41, 5.74) is 3.17. The van der Waals surface area contributed by atoms with Crippen molar-refractivity contribution in [3.05, 3.63) is 75.7 Å². The predicted octanol–water partition coefficient (Wildman–Crippen LogP) is 3.39. The van der Waals surface area contributed by atoms with E-state index in [9.17, 15) is 10.1 Å². The molecule has 27 heavy (non-hydrogen) atoms. The van der Waals surface area contributed by atoms with Crippen molar-refractivity contribution in [1.29, 1.82) is 0 Å². The molecule has 0 spiro atoms. The molecule has 1 aliphatic rings. The summed E-state index contributed by atoms with van der Waals surface area (Å²) in [6, 6.07) is 11.8. The molecular weight excluding hydrogens is 344 g/mol. The first kappa shape index (κ1) is 16.9. The number of benzene rings is 1. The average molecular weight is 362 g/mol. The van der Waals surface area contributed by atoms with Crippen LogP contribution in [0.25, 0.3) is 0 Å². The van der Waals surface area contributed by atoms with E-state index in [0.29, 0.717) is 24.7 Å². The number of nitrogens with zero attached hydrogens (tertiary/aromatic N) is 5. The zero-order valence-electron chi connectivity index (χ0n) is 14.8. The molecule has 0 radical (unpaired) electrons. The van der Waals surface area contributed by atoms with Crippen LogP contribution in [-0.2, 0) is 13.0 Å². The quantitative estimate of drug-likeness (QED) is 0.561. The van der Waals surface area contributed by atoms with E-state index in [1.807, 2.05) is 42.2 Å². The van der Waals surface area contributed by atoms with Gasteiger partial charge in [0, 0.05) is 19.3 Å². The van der Waals surface area contributed by atoms with Gasteiger partial charge in [0.2, 0.25) is 11.6 Å². The lowest BCUT2D eigenvalue weighted by Crippen LogP contribution is -2.31. The highest BCUT2D eigenvalue weighted by atomic mass is 16.6. The lowest BCUT2D eigenvalue weighted by molar-refractivity contribution is -0.383. The van der Waals surface area contributed by atoms with Crippen LogP contribution in [0, 0.1) is 17.0 Å². The molecule has 3 aromatic rings. The van der Waals surface area contributed by atoms with Crippen LogP contribution in [-0.4, -0.2) is 26.4 Å². The highest BCUT2D eigenvalue weighted by Gasteiger charge is 2.29. The Kier molecular flexibility index (Phi) is 4.37. The highest BCUT2D eigenvalue weighted by Crippen LogP contribution is 2.35. The van der Waals surface area contributed by atoms with E-state index in [-0.39, 0.29) is 11.5 Å². The van der Waals surface area contributed by atoms with Gasteiger partial charge in [-0.2, -0.15) is 0 Å². The Labute approximate surface area is 156 Å². The van der Waals surface area contributed by atoms with Crippen LogP contribution in [0.2, 0.25) is 0 Å². The summed E-state index contributed by atoms with van der Waals surface area (Å²) < 4.78 is 0. The lowest BCUT2D eigenvalue weighted by Gasteiger charge is -2.29. The minimum Gasteiger partial charge on any atom is -0.346 e. The van der Waals surface area contributed by atoms with Crippen LogP contribution in [0.15, 0.2) is 48.9 Å². The van der Waals surface area contributed by atoms with Crippen LogP contribution in [0.3, 0.4) is 0 Å². The number of hydrogen-bond donors (Lipinski definition) is 1. The van der Waals surface area contributed by atoms with Crippen molar-refractivity contribution in [1.82, 2.24) is 15.0 Å². The van der Waals surface area contributed by atoms with E-state index >= 15 is 0 Å². The maximum absolute atomic E-state index is 11.8. The molecule has 1 aromatic carbocycles. The fourth-order valence-corrected chi connectivity index (χ4v) is 3.27. The Morgan fingerprint density at radius 1 is 1.07 bits per heavy atom. The monoisotopic (exact) mass is 362 g/mol. The summed E-state index contributed by atoms with van der Waals surface area (Å²) in [5.74, 6) is 1.00. The molecule has 8 heteroatoms. The van der Waals surface area contributed by atoms with Gasteiger partial charge in [0.25, 0.3) is 0 Å². The molecule has 0 saturated carbocycles.